The largest absolute Gasteiger partial charge is 0.326 e. The number of benzene rings is 1. The van der Waals surface area contributed by atoms with Crippen LogP contribution in [0.3, 0.4) is 0 Å². The number of nitrogens with zero attached hydrogens (tertiary/aromatic N) is 1. The SMILES string of the molecule is Cc1nc(-c2cccc(NC(=O)CC3CC4CCC(C3)N4)c2)cs1.Cl. The van der Waals surface area contributed by atoms with Gasteiger partial charge < -0.3 is 10.6 Å². The van der Waals surface area contributed by atoms with Crippen LogP contribution in [0.1, 0.15) is 37.1 Å². The third kappa shape index (κ3) is 4.40. The lowest BCUT2D eigenvalue weighted by molar-refractivity contribution is -0.117. The molecule has 134 valence electrons. The number of anilines is 1. The highest BCUT2D eigenvalue weighted by Gasteiger charge is 2.34. The van der Waals surface area contributed by atoms with Gasteiger partial charge in [0.25, 0.3) is 0 Å². The number of rotatable bonds is 4. The highest BCUT2D eigenvalue weighted by molar-refractivity contribution is 7.09. The minimum absolute atomic E-state index is 0. The van der Waals surface area contributed by atoms with Gasteiger partial charge in [-0.1, -0.05) is 12.1 Å². The van der Waals surface area contributed by atoms with Crippen LogP contribution >= 0.6 is 23.7 Å². The Kier molecular flexibility index (Phi) is 5.77. The van der Waals surface area contributed by atoms with Crippen molar-refractivity contribution in [3.05, 3.63) is 34.7 Å². The predicted molar refractivity (Wildman–Crippen MR) is 105 cm³/mol. The van der Waals surface area contributed by atoms with Gasteiger partial charge in [-0.3, -0.25) is 4.79 Å². The molecule has 2 fully saturated rings. The number of hydrogen-bond donors (Lipinski definition) is 2. The molecule has 0 saturated carbocycles. The Balaban J connectivity index is 0.00000182. The third-order valence-electron chi connectivity index (χ3n) is 5.11. The van der Waals surface area contributed by atoms with Crippen LogP contribution in [0.2, 0.25) is 0 Å². The van der Waals surface area contributed by atoms with Crippen LogP contribution in [0.5, 0.6) is 0 Å². The van der Waals surface area contributed by atoms with Gasteiger partial charge in [-0.2, -0.15) is 0 Å². The molecule has 1 amide bonds. The van der Waals surface area contributed by atoms with Crippen molar-refractivity contribution in [3.63, 3.8) is 0 Å². The lowest BCUT2D eigenvalue weighted by Gasteiger charge is -2.28. The Morgan fingerprint density at radius 1 is 1.32 bits per heavy atom. The first-order chi connectivity index (χ1) is 11.7. The highest BCUT2D eigenvalue weighted by Crippen LogP contribution is 2.33. The van der Waals surface area contributed by atoms with E-state index < -0.39 is 0 Å². The first-order valence-corrected chi connectivity index (χ1v) is 9.62. The summed E-state index contributed by atoms with van der Waals surface area (Å²) in [6.45, 7) is 2.01. The number of aryl methyl sites for hydroxylation is 1. The fraction of sp³-hybridized carbons (Fsp3) is 0.474. The number of carbonyl (C=O) groups is 1. The van der Waals surface area contributed by atoms with Crippen molar-refractivity contribution in [2.75, 3.05) is 5.32 Å². The number of amides is 1. The van der Waals surface area contributed by atoms with Crippen molar-refractivity contribution in [2.45, 2.75) is 51.1 Å². The van der Waals surface area contributed by atoms with E-state index in [0.717, 1.165) is 34.8 Å². The van der Waals surface area contributed by atoms with Gasteiger partial charge in [-0.05, 0) is 50.7 Å². The molecule has 2 N–H and O–H groups in total. The molecule has 1 aromatic heterocycles. The van der Waals surface area contributed by atoms with Crippen molar-refractivity contribution in [2.24, 2.45) is 5.92 Å². The molecule has 0 spiro atoms. The number of fused-ring (bicyclic) bond motifs is 2. The summed E-state index contributed by atoms with van der Waals surface area (Å²) in [7, 11) is 0. The minimum atomic E-state index is 0. The predicted octanol–water partition coefficient (Wildman–Crippen LogP) is 4.40. The van der Waals surface area contributed by atoms with E-state index in [2.05, 4.69) is 21.0 Å². The van der Waals surface area contributed by atoms with Crippen LogP contribution in [0, 0.1) is 12.8 Å². The number of hydrogen-bond acceptors (Lipinski definition) is 4. The molecule has 0 aliphatic carbocycles. The summed E-state index contributed by atoms with van der Waals surface area (Å²) in [4.78, 5) is 16.9. The van der Waals surface area contributed by atoms with Crippen LogP contribution < -0.4 is 10.6 Å². The Labute approximate surface area is 158 Å². The van der Waals surface area contributed by atoms with E-state index in [0.29, 0.717) is 24.4 Å². The van der Waals surface area contributed by atoms with Gasteiger partial charge in [0, 0.05) is 35.1 Å². The smallest absolute Gasteiger partial charge is 0.224 e. The highest BCUT2D eigenvalue weighted by atomic mass is 35.5. The fourth-order valence-electron chi connectivity index (χ4n) is 4.07. The maximum atomic E-state index is 12.4. The lowest BCUT2D eigenvalue weighted by Crippen LogP contribution is -2.39. The van der Waals surface area contributed by atoms with E-state index >= 15 is 0 Å². The Morgan fingerprint density at radius 2 is 2.08 bits per heavy atom. The summed E-state index contributed by atoms with van der Waals surface area (Å²) in [6.07, 6.45) is 5.47. The zero-order chi connectivity index (χ0) is 16.5. The van der Waals surface area contributed by atoms with E-state index in [1.165, 1.54) is 12.8 Å². The number of nitrogens with one attached hydrogen (secondary N) is 2. The van der Waals surface area contributed by atoms with Gasteiger partial charge in [-0.15, -0.1) is 23.7 Å². The topological polar surface area (TPSA) is 54.0 Å². The summed E-state index contributed by atoms with van der Waals surface area (Å²) in [6, 6.07) is 9.25. The molecule has 6 heteroatoms. The number of piperidine rings is 1. The van der Waals surface area contributed by atoms with Crippen molar-refractivity contribution in [3.8, 4) is 11.3 Å². The normalized spacial score (nSPS) is 24.6. The number of halogens is 1. The zero-order valence-electron chi connectivity index (χ0n) is 14.3. The van der Waals surface area contributed by atoms with E-state index in [1.54, 1.807) is 11.3 Å². The van der Waals surface area contributed by atoms with Crippen molar-refractivity contribution >= 4 is 35.3 Å². The molecule has 2 aromatic rings. The second-order valence-electron chi connectivity index (χ2n) is 7.06. The van der Waals surface area contributed by atoms with Crippen LogP contribution in [0.25, 0.3) is 11.3 Å². The first kappa shape index (κ1) is 18.4. The van der Waals surface area contributed by atoms with Crippen molar-refractivity contribution in [1.82, 2.24) is 10.3 Å². The molecule has 4 nitrogen and oxygen atoms in total. The van der Waals surface area contributed by atoms with Gasteiger partial charge in [0.1, 0.15) is 0 Å². The third-order valence-corrected chi connectivity index (χ3v) is 5.88. The molecule has 3 heterocycles. The zero-order valence-corrected chi connectivity index (χ0v) is 16.0. The molecule has 25 heavy (non-hydrogen) atoms. The molecule has 2 aliphatic rings. The molecule has 2 bridgehead atoms. The van der Waals surface area contributed by atoms with Gasteiger partial charge in [0.05, 0.1) is 10.7 Å². The molecule has 4 rings (SSSR count). The first-order valence-electron chi connectivity index (χ1n) is 8.74. The Bertz CT molecular complexity index is 736. The van der Waals surface area contributed by atoms with Crippen LogP contribution in [0.4, 0.5) is 5.69 Å². The van der Waals surface area contributed by atoms with Gasteiger partial charge in [0.2, 0.25) is 5.91 Å². The van der Waals surface area contributed by atoms with Crippen LogP contribution in [-0.4, -0.2) is 23.0 Å². The van der Waals surface area contributed by atoms with Crippen LogP contribution in [0.15, 0.2) is 29.6 Å². The average molecular weight is 378 g/mol. The second-order valence-corrected chi connectivity index (χ2v) is 8.12. The maximum Gasteiger partial charge on any atom is 0.224 e. The monoisotopic (exact) mass is 377 g/mol. The lowest BCUT2D eigenvalue weighted by atomic mass is 9.89. The number of thiazole rings is 1. The van der Waals surface area contributed by atoms with Gasteiger partial charge >= 0.3 is 0 Å². The van der Waals surface area contributed by atoms with E-state index in [9.17, 15) is 4.79 Å². The molecule has 2 saturated heterocycles. The van der Waals surface area contributed by atoms with Crippen molar-refractivity contribution < 1.29 is 4.79 Å². The van der Waals surface area contributed by atoms with Gasteiger partial charge in [0.15, 0.2) is 0 Å². The average Bonchev–Trinajstić information content (AvgIpc) is 3.13. The van der Waals surface area contributed by atoms with Gasteiger partial charge in [-0.25, -0.2) is 4.98 Å². The second kappa shape index (κ2) is 7.85. The molecule has 2 unspecified atom stereocenters. The standard InChI is InChI=1S/C19H23N3OS.ClH/c1-12-20-18(11-24-12)14-3-2-4-15(10-14)22-19(23)9-13-7-16-5-6-17(8-13)21-16;/h2-4,10-11,13,16-17,21H,5-9H2,1H3,(H,22,23);1H. The summed E-state index contributed by atoms with van der Waals surface area (Å²) < 4.78 is 0. The van der Waals surface area contributed by atoms with E-state index in [1.807, 2.05) is 31.2 Å². The Morgan fingerprint density at radius 3 is 2.76 bits per heavy atom. The molecule has 1 aromatic carbocycles. The van der Waals surface area contributed by atoms with E-state index in [-0.39, 0.29) is 18.3 Å². The molecular weight excluding hydrogens is 354 g/mol. The molecular formula is C19H24ClN3OS. The number of carbonyl (C=O) groups excluding carboxylic acids is 1. The molecule has 0 radical (unpaired) electrons. The van der Waals surface area contributed by atoms with Crippen LogP contribution in [-0.2, 0) is 4.79 Å². The summed E-state index contributed by atoms with van der Waals surface area (Å²) in [5.74, 6) is 0.654. The minimum Gasteiger partial charge on any atom is -0.326 e. The summed E-state index contributed by atoms with van der Waals surface area (Å²) >= 11 is 1.64. The quantitative estimate of drug-likeness (QED) is 0.830. The Hall–Kier alpha value is -1.43. The summed E-state index contributed by atoms with van der Waals surface area (Å²) in [5.41, 5.74) is 2.89. The number of aromatic nitrogens is 1. The fourth-order valence-corrected chi connectivity index (χ4v) is 4.69. The van der Waals surface area contributed by atoms with E-state index in [4.69, 9.17) is 0 Å². The maximum absolute atomic E-state index is 12.4. The molecule has 2 aliphatic heterocycles. The summed E-state index contributed by atoms with van der Waals surface area (Å²) in [5, 5.41) is 9.82. The molecule has 2 atom stereocenters. The van der Waals surface area contributed by atoms with Crippen molar-refractivity contribution in [1.29, 1.82) is 0 Å².